The third kappa shape index (κ3) is 2.62. The van der Waals surface area contributed by atoms with Crippen molar-refractivity contribution >= 4 is 22.6 Å². The summed E-state index contributed by atoms with van der Waals surface area (Å²) in [7, 11) is 1.93. The Morgan fingerprint density at radius 1 is 1.50 bits per heavy atom. The van der Waals surface area contributed by atoms with Crippen molar-refractivity contribution in [2.45, 2.75) is 12.5 Å². The molecule has 1 atom stereocenters. The maximum Gasteiger partial charge on any atom is 0.111 e. The number of halogens is 1. The fraction of sp³-hybridized carbons (Fsp3) is 0.250. The molecule has 1 heterocycles. The number of aliphatic hydroxyl groups is 1. The number of aromatic nitrogens is 2. The van der Waals surface area contributed by atoms with Gasteiger partial charge in [-0.15, -0.1) is 0 Å². The van der Waals surface area contributed by atoms with Gasteiger partial charge in [0.2, 0.25) is 0 Å². The van der Waals surface area contributed by atoms with Gasteiger partial charge in [-0.3, -0.25) is 0 Å². The van der Waals surface area contributed by atoms with Crippen molar-refractivity contribution in [1.29, 1.82) is 0 Å². The highest BCUT2D eigenvalue weighted by Crippen LogP contribution is 2.19. The van der Waals surface area contributed by atoms with Gasteiger partial charge in [-0.25, -0.2) is 4.98 Å². The molecule has 3 nitrogen and oxygen atoms in total. The maximum absolute atomic E-state index is 10.1. The van der Waals surface area contributed by atoms with E-state index in [1.807, 2.05) is 42.1 Å². The first kappa shape index (κ1) is 11.6. The number of hydrogen-bond acceptors (Lipinski definition) is 2. The van der Waals surface area contributed by atoms with Gasteiger partial charge in [0, 0.05) is 29.4 Å². The molecule has 0 aliphatic heterocycles. The molecule has 0 amide bonds. The summed E-state index contributed by atoms with van der Waals surface area (Å²) in [5.41, 5.74) is 0.940. The van der Waals surface area contributed by atoms with Gasteiger partial charge >= 0.3 is 0 Å². The minimum atomic E-state index is -0.490. The van der Waals surface area contributed by atoms with E-state index < -0.39 is 6.10 Å². The quantitative estimate of drug-likeness (QED) is 0.878. The van der Waals surface area contributed by atoms with Crippen LogP contribution in [0.25, 0.3) is 0 Å². The number of rotatable bonds is 3. The molecule has 0 aliphatic rings. The third-order valence-electron chi connectivity index (χ3n) is 2.53. The Morgan fingerprint density at radius 2 is 2.31 bits per heavy atom. The average Bonchev–Trinajstić information content (AvgIpc) is 2.64. The van der Waals surface area contributed by atoms with Crippen molar-refractivity contribution < 1.29 is 5.11 Å². The van der Waals surface area contributed by atoms with Crippen LogP contribution in [0.15, 0.2) is 36.7 Å². The lowest BCUT2D eigenvalue weighted by Crippen LogP contribution is -2.06. The minimum absolute atomic E-state index is 0.490. The van der Waals surface area contributed by atoms with Crippen molar-refractivity contribution in [3.63, 3.8) is 0 Å². The smallest absolute Gasteiger partial charge is 0.111 e. The van der Waals surface area contributed by atoms with E-state index in [0.717, 1.165) is 15.0 Å². The molecule has 0 bridgehead atoms. The predicted octanol–water partition coefficient (Wildman–Crippen LogP) is 2.30. The molecule has 1 N–H and O–H groups in total. The molecule has 0 radical (unpaired) electrons. The highest BCUT2D eigenvalue weighted by Gasteiger charge is 2.11. The minimum Gasteiger partial charge on any atom is -0.388 e. The molecule has 2 rings (SSSR count). The van der Waals surface area contributed by atoms with Crippen LogP contribution in [0, 0.1) is 3.57 Å². The molecule has 1 aromatic carbocycles. The van der Waals surface area contributed by atoms with Crippen LogP contribution in [0.2, 0.25) is 0 Å². The van der Waals surface area contributed by atoms with Gasteiger partial charge in [-0.2, -0.15) is 0 Å². The first-order chi connectivity index (χ1) is 7.66. The normalized spacial score (nSPS) is 12.7. The van der Waals surface area contributed by atoms with Crippen molar-refractivity contribution in [3.8, 4) is 0 Å². The average molecular weight is 328 g/mol. The highest BCUT2D eigenvalue weighted by molar-refractivity contribution is 14.1. The Hall–Kier alpha value is -0.880. The van der Waals surface area contributed by atoms with E-state index in [-0.39, 0.29) is 0 Å². The largest absolute Gasteiger partial charge is 0.388 e. The van der Waals surface area contributed by atoms with Gasteiger partial charge in [0.25, 0.3) is 0 Å². The summed E-state index contributed by atoms with van der Waals surface area (Å²) in [5.74, 6) is 0.895. The topological polar surface area (TPSA) is 38.0 Å². The van der Waals surface area contributed by atoms with Crippen LogP contribution in [0.4, 0.5) is 0 Å². The Bertz CT molecular complexity index is 481. The SMILES string of the molecule is Cn1ccnc1CC(O)c1cccc(I)c1. The molecular weight excluding hydrogens is 315 g/mol. The van der Waals surface area contributed by atoms with Crippen LogP contribution in [-0.4, -0.2) is 14.7 Å². The number of benzene rings is 1. The summed E-state index contributed by atoms with van der Waals surface area (Å²) < 4.78 is 3.06. The summed E-state index contributed by atoms with van der Waals surface area (Å²) in [6, 6.07) is 7.90. The summed E-state index contributed by atoms with van der Waals surface area (Å²) in [6.07, 6.45) is 3.69. The molecule has 1 unspecified atom stereocenters. The van der Waals surface area contributed by atoms with E-state index in [9.17, 15) is 5.11 Å². The molecular formula is C12H13IN2O. The fourth-order valence-electron chi connectivity index (χ4n) is 1.60. The van der Waals surface area contributed by atoms with Gasteiger partial charge in [0.1, 0.15) is 5.82 Å². The molecule has 0 spiro atoms. The van der Waals surface area contributed by atoms with Crippen LogP contribution in [-0.2, 0) is 13.5 Å². The second kappa shape index (κ2) is 4.97. The number of hydrogen-bond donors (Lipinski definition) is 1. The van der Waals surface area contributed by atoms with Crippen molar-refractivity contribution in [1.82, 2.24) is 9.55 Å². The van der Waals surface area contributed by atoms with Gasteiger partial charge in [0.05, 0.1) is 6.10 Å². The number of aryl methyl sites for hydroxylation is 1. The molecule has 0 saturated heterocycles. The number of nitrogens with zero attached hydrogens (tertiary/aromatic N) is 2. The summed E-state index contributed by atoms with van der Waals surface area (Å²) in [5, 5.41) is 10.1. The Labute approximate surface area is 108 Å². The monoisotopic (exact) mass is 328 g/mol. The first-order valence-corrected chi connectivity index (χ1v) is 6.14. The molecule has 0 aliphatic carbocycles. The molecule has 0 fully saturated rings. The summed E-state index contributed by atoms with van der Waals surface area (Å²) >= 11 is 2.24. The number of aliphatic hydroxyl groups excluding tert-OH is 1. The zero-order chi connectivity index (χ0) is 11.5. The second-order valence-corrected chi connectivity index (χ2v) is 4.97. The lowest BCUT2D eigenvalue weighted by molar-refractivity contribution is 0.175. The van der Waals surface area contributed by atoms with E-state index in [1.54, 1.807) is 6.20 Å². The van der Waals surface area contributed by atoms with E-state index in [1.165, 1.54) is 0 Å². The second-order valence-electron chi connectivity index (χ2n) is 3.73. The zero-order valence-electron chi connectivity index (χ0n) is 8.97. The summed E-state index contributed by atoms with van der Waals surface area (Å²) in [4.78, 5) is 4.20. The van der Waals surface area contributed by atoms with Gasteiger partial charge in [0.15, 0.2) is 0 Å². The lowest BCUT2D eigenvalue weighted by atomic mass is 10.1. The van der Waals surface area contributed by atoms with Gasteiger partial charge in [-0.1, -0.05) is 12.1 Å². The van der Waals surface area contributed by atoms with Crippen molar-refractivity contribution in [2.24, 2.45) is 7.05 Å². The van der Waals surface area contributed by atoms with Crippen LogP contribution in [0.3, 0.4) is 0 Å². The van der Waals surface area contributed by atoms with Crippen LogP contribution in [0.1, 0.15) is 17.5 Å². The van der Waals surface area contributed by atoms with Gasteiger partial charge in [-0.05, 0) is 40.3 Å². The molecule has 4 heteroatoms. The van der Waals surface area contributed by atoms with E-state index in [2.05, 4.69) is 27.6 Å². The first-order valence-electron chi connectivity index (χ1n) is 5.06. The van der Waals surface area contributed by atoms with E-state index >= 15 is 0 Å². The van der Waals surface area contributed by atoms with Gasteiger partial charge < -0.3 is 9.67 Å². The molecule has 0 saturated carbocycles. The van der Waals surface area contributed by atoms with Crippen LogP contribution < -0.4 is 0 Å². The van der Waals surface area contributed by atoms with E-state index in [4.69, 9.17) is 0 Å². The predicted molar refractivity (Wildman–Crippen MR) is 71.0 cm³/mol. The van der Waals surface area contributed by atoms with Crippen molar-refractivity contribution in [3.05, 3.63) is 51.6 Å². The maximum atomic E-state index is 10.1. The van der Waals surface area contributed by atoms with Crippen molar-refractivity contribution in [2.75, 3.05) is 0 Å². The fourth-order valence-corrected chi connectivity index (χ4v) is 2.17. The molecule has 2 aromatic rings. The standard InChI is InChI=1S/C12H13IN2O/c1-15-6-5-14-12(15)8-11(16)9-3-2-4-10(13)7-9/h2-7,11,16H,8H2,1H3. The zero-order valence-corrected chi connectivity index (χ0v) is 11.1. The van der Waals surface area contributed by atoms with E-state index in [0.29, 0.717) is 6.42 Å². The molecule has 84 valence electrons. The Balaban J connectivity index is 2.14. The lowest BCUT2D eigenvalue weighted by Gasteiger charge is -2.11. The number of imidazole rings is 1. The highest BCUT2D eigenvalue weighted by atomic mass is 127. The molecule has 1 aromatic heterocycles. The summed E-state index contributed by atoms with van der Waals surface area (Å²) in [6.45, 7) is 0. The third-order valence-corrected chi connectivity index (χ3v) is 3.20. The van der Waals surface area contributed by atoms with Crippen LogP contribution in [0.5, 0.6) is 0 Å². The Morgan fingerprint density at radius 3 is 2.94 bits per heavy atom. The molecule has 16 heavy (non-hydrogen) atoms. The van der Waals surface area contributed by atoms with Crippen LogP contribution >= 0.6 is 22.6 Å². The Kier molecular flexibility index (Phi) is 3.60.